The summed E-state index contributed by atoms with van der Waals surface area (Å²) in [4.78, 5) is 24.5. The lowest BCUT2D eigenvalue weighted by molar-refractivity contribution is -0.113. The minimum atomic E-state index is -3.78. The molecule has 5 N–H and O–H groups in total. The Morgan fingerprint density at radius 1 is 0.882 bits per heavy atom. The fourth-order valence-corrected chi connectivity index (χ4v) is 4.33. The van der Waals surface area contributed by atoms with Crippen LogP contribution in [0.3, 0.4) is 0 Å². The van der Waals surface area contributed by atoms with Crippen LogP contribution >= 0.6 is 24.0 Å². The number of hydrogen-bond donors (Lipinski definition) is 4. The van der Waals surface area contributed by atoms with E-state index in [0.29, 0.717) is 16.4 Å². The third kappa shape index (κ3) is 7.66. The molecule has 0 bridgehead atoms. The number of thioether (sulfide) groups is 1. The molecule has 34 heavy (non-hydrogen) atoms. The predicted octanol–water partition coefficient (Wildman–Crippen LogP) is 4.08. The summed E-state index contributed by atoms with van der Waals surface area (Å²) in [5.74, 6) is -0.0842. The Morgan fingerprint density at radius 2 is 1.47 bits per heavy atom. The molecule has 0 atom stereocenters. The number of nitrogens with one attached hydrogen (secondary N) is 3. The molecule has 0 saturated heterocycles. The van der Waals surface area contributed by atoms with Crippen LogP contribution in [0.5, 0.6) is 0 Å². The number of hydrogen-bond acceptors (Lipinski definition) is 6. The molecular formula is C23H22N4O4S3. The number of Topliss-reactive ketones (excluding diaryl/α,β-unsaturated/α-hetero) is 1. The average Bonchev–Trinajstić information content (AvgIpc) is 2.78. The first kappa shape index (κ1) is 25.4. The Bertz CT molecular complexity index is 1310. The van der Waals surface area contributed by atoms with Gasteiger partial charge in [-0.25, -0.2) is 13.6 Å². The maximum absolute atomic E-state index is 12.3. The van der Waals surface area contributed by atoms with Crippen molar-refractivity contribution in [3.63, 3.8) is 0 Å². The molecule has 176 valence electrons. The first-order valence-electron chi connectivity index (χ1n) is 9.95. The van der Waals surface area contributed by atoms with Gasteiger partial charge < -0.3 is 16.0 Å². The van der Waals surface area contributed by atoms with E-state index in [2.05, 4.69) is 16.0 Å². The Kier molecular flexibility index (Phi) is 8.40. The van der Waals surface area contributed by atoms with Crippen molar-refractivity contribution in [3.8, 4) is 0 Å². The van der Waals surface area contributed by atoms with Gasteiger partial charge in [0.15, 0.2) is 10.9 Å². The van der Waals surface area contributed by atoms with Gasteiger partial charge in [0.1, 0.15) is 0 Å². The predicted molar refractivity (Wildman–Crippen MR) is 140 cm³/mol. The molecule has 11 heteroatoms. The van der Waals surface area contributed by atoms with Gasteiger partial charge in [-0.05, 0) is 85.9 Å². The lowest BCUT2D eigenvalue weighted by Crippen LogP contribution is -2.19. The summed E-state index contributed by atoms with van der Waals surface area (Å²) in [6.45, 7) is 1.51. The molecule has 0 saturated carbocycles. The summed E-state index contributed by atoms with van der Waals surface area (Å²) >= 11 is 6.69. The lowest BCUT2D eigenvalue weighted by Gasteiger charge is -2.12. The number of carbonyl (C=O) groups is 2. The number of nitrogens with two attached hydrogens (primary N) is 1. The number of sulfonamides is 1. The van der Waals surface area contributed by atoms with Crippen LogP contribution in [0.4, 0.5) is 17.1 Å². The van der Waals surface area contributed by atoms with Gasteiger partial charge in [0.05, 0.1) is 10.6 Å². The molecule has 0 aromatic heterocycles. The monoisotopic (exact) mass is 514 g/mol. The smallest absolute Gasteiger partial charge is 0.238 e. The number of thiocarbonyl (C=S) groups is 1. The Balaban J connectivity index is 1.51. The quantitative estimate of drug-likeness (QED) is 0.201. The molecule has 0 aliphatic heterocycles. The first-order chi connectivity index (χ1) is 16.1. The van der Waals surface area contributed by atoms with E-state index in [4.69, 9.17) is 17.4 Å². The van der Waals surface area contributed by atoms with Crippen molar-refractivity contribution >= 4 is 67.9 Å². The Hall–Kier alpha value is -3.25. The van der Waals surface area contributed by atoms with Crippen LogP contribution in [-0.2, 0) is 14.8 Å². The van der Waals surface area contributed by atoms with Gasteiger partial charge in [-0.3, -0.25) is 9.59 Å². The molecule has 3 rings (SSSR count). The van der Waals surface area contributed by atoms with Crippen molar-refractivity contribution in [2.75, 3.05) is 21.7 Å². The summed E-state index contributed by atoms with van der Waals surface area (Å²) in [6, 6.07) is 20.1. The van der Waals surface area contributed by atoms with Gasteiger partial charge in [0.25, 0.3) is 0 Å². The molecule has 8 nitrogen and oxygen atoms in total. The van der Waals surface area contributed by atoms with E-state index in [-0.39, 0.29) is 22.3 Å². The highest BCUT2D eigenvalue weighted by Gasteiger charge is 2.09. The number of primary sulfonamides is 1. The summed E-state index contributed by atoms with van der Waals surface area (Å²) < 4.78 is 22.6. The summed E-state index contributed by atoms with van der Waals surface area (Å²) in [5.41, 5.74) is 2.60. The van der Waals surface area contributed by atoms with Crippen molar-refractivity contribution in [2.45, 2.75) is 16.7 Å². The second-order valence-electron chi connectivity index (χ2n) is 7.15. The number of ketones is 1. The van der Waals surface area contributed by atoms with Crippen molar-refractivity contribution in [3.05, 3.63) is 78.4 Å². The number of carbonyl (C=O) groups excluding carboxylic acids is 2. The van der Waals surface area contributed by atoms with Crippen LogP contribution < -0.4 is 21.1 Å². The number of anilines is 3. The highest BCUT2D eigenvalue weighted by atomic mass is 32.2. The van der Waals surface area contributed by atoms with Crippen LogP contribution in [0.25, 0.3) is 0 Å². The number of amides is 1. The summed E-state index contributed by atoms with van der Waals surface area (Å²) in [5, 5.41) is 14.3. The standard InChI is InChI=1S/C23H22N4O4S3/c1-15(28)16-5-7-18(8-6-16)26-23(32)27-19-3-2-4-20(13-19)33-14-22(29)25-17-9-11-21(12-10-17)34(24,30)31/h2-13H,14H2,1H3,(H,25,29)(H2,24,30,31)(H2,26,27,32). The fraction of sp³-hybridized carbons (Fsp3) is 0.0870. The molecule has 0 spiro atoms. The molecule has 3 aromatic rings. The molecule has 0 unspecified atom stereocenters. The molecule has 0 radical (unpaired) electrons. The van der Waals surface area contributed by atoms with Gasteiger partial charge in [-0.1, -0.05) is 6.07 Å². The minimum Gasteiger partial charge on any atom is -0.332 e. The van der Waals surface area contributed by atoms with Gasteiger partial charge in [0.2, 0.25) is 15.9 Å². The van der Waals surface area contributed by atoms with Gasteiger partial charge in [0, 0.05) is 27.5 Å². The topological polar surface area (TPSA) is 130 Å². The van der Waals surface area contributed by atoms with Gasteiger partial charge >= 0.3 is 0 Å². The van der Waals surface area contributed by atoms with E-state index in [0.717, 1.165) is 16.3 Å². The van der Waals surface area contributed by atoms with Crippen molar-refractivity contribution < 1.29 is 18.0 Å². The van der Waals surface area contributed by atoms with Crippen molar-refractivity contribution in [1.29, 1.82) is 0 Å². The largest absolute Gasteiger partial charge is 0.332 e. The lowest BCUT2D eigenvalue weighted by atomic mass is 10.1. The molecule has 0 aliphatic carbocycles. The normalized spacial score (nSPS) is 10.9. The molecule has 0 fully saturated rings. The van der Waals surface area contributed by atoms with Crippen molar-refractivity contribution in [1.82, 2.24) is 0 Å². The second-order valence-corrected chi connectivity index (χ2v) is 10.2. The third-order valence-electron chi connectivity index (χ3n) is 4.48. The zero-order chi connectivity index (χ0) is 24.7. The van der Waals surface area contributed by atoms with Crippen LogP contribution in [0, 0.1) is 0 Å². The fourth-order valence-electron chi connectivity index (χ4n) is 2.82. The van der Waals surface area contributed by atoms with E-state index >= 15 is 0 Å². The molecule has 0 heterocycles. The van der Waals surface area contributed by atoms with E-state index in [1.54, 1.807) is 24.3 Å². The van der Waals surface area contributed by atoms with Gasteiger partial charge in [-0.2, -0.15) is 0 Å². The molecule has 0 aliphatic rings. The Labute approximate surface area is 207 Å². The third-order valence-corrected chi connectivity index (χ3v) is 6.60. The minimum absolute atomic E-state index is 0.00444. The second kappa shape index (κ2) is 11.3. The molecule has 1 amide bonds. The maximum atomic E-state index is 12.3. The van der Waals surface area contributed by atoms with E-state index in [9.17, 15) is 18.0 Å². The van der Waals surface area contributed by atoms with Crippen LogP contribution in [0.2, 0.25) is 0 Å². The zero-order valence-corrected chi connectivity index (χ0v) is 20.5. The SMILES string of the molecule is CC(=O)c1ccc(NC(=S)Nc2cccc(SCC(=O)Nc3ccc(S(N)(=O)=O)cc3)c2)cc1. The Morgan fingerprint density at radius 3 is 2.09 bits per heavy atom. The van der Waals surface area contributed by atoms with Crippen LogP contribution in [-0.4, -0.2) is 31.0 Å². The van der Waals surface area contributed by atoms with Gasteiger partial charge in [-0.15, -0.1) is 11.8 Å². The van der Waals surface area contributed by atoms with Crippen LogP contribution in [0.1, 0.15) is 17.3 Å². The zero-order valence-electron chi connectivity index (χ0n) is 18.1. The highest BCUT2D eigenvalue weighted by Crippen LogP contribution is 2.22. The average molecular weight is 515 g/mol. The van der Waals surface area contributed by atoms with Crippen LogP contribution in [0.15, 0.2) is 82.6 Å². The number of benzene rings is 3. The highest BCUT2D eigenvalue weighted by molar-refractivity contribution is 8.00. The number of rotatable bonds is 8. The molecular weight excluding hydrogens is 492 g/mol. The van der Waals surface area contributed by atoms with Crippen molar-refractivity contribution in [2.24, 2.45) is 5.14 Å². The maximum Gasteiger partial charge on any atom is 0.238 e. The summed E-state index contributed by atoms with van der Waals surface area (Å²) in [7, 11) is -3.78. The van der Waals surface area contributed by atoms with E-state index < -0.39 is 10.0 Å². The summed E-state index contributed by atoms with van der Waals surface area (Å²) in [6.07, 6.45) is 0. The van der Waals surface area contributed by atoms with E-state index in [1.165, 1.54) is 43.0 Å². The van der Waals surface area contributed by atoms with E-state index in [1.807, 2.05) is 24.3 Å². The molecule has 3 aromatic carbocycles. The first-order valence-corrected chi connectivity index (χ1v) is 12.9.